The van der Waals surface area contributed by atoms with Crippen LogP contribution in [0.5, 0.6) is 0 Å². The van der Waals surface area contributed by atoms with Crippen molar-refractivity contribution in [2.45, 2.75) is 64.5 Å². The Balaban J connectivity index is 1.84. The normalized spacial score (nSPS) is 25.9. The molecule has 1 atom stereocenters. The molecule has 2 nitrogen and oxygen atoms in total. The molecule has 1 N–H and O–H groups in total. The topological polar surface area (TPSA) is 15.3 Å². The van der Waals surface area contributed by atoms with Gasteiger partial charge in [0, 0.05) is 30.4 Å². The second kappa shape index (κ2) is 5.40. The summed E-state index contributed by atoms with van der Waals surface area (Å²) in [6.45, 7) is 9.06. The van der Waals surface area contributed by atoms with Gasteiger partial charge in [0.15, 0.2) is 0 Å². The number of hydrogen-bond donors (Lipinski definition) is 1. The number of hydrogen-bond acceptors (Lipinski definition) is 2. The van der Waals surface area contributed by atoms with Crippen molar-refractivity contribution >= 4 is 5.69 Å². The summed E-state index contributed by atoms with van der Waals surface area (Å²) in [6.07, 6.45) is 6.90. The third kappa shape index (κ3) is 2.58. The molecule has 1 saturated heterocycles. The predicted molar refractivity (Wildman–Crippen MR) is 86.5 cm³/mol. The minimum atomic E-state index is 0.379. The SMILES string of the molecule is Cc1ccc(N2CC3(CCCCC3)NCC2C)cc1C. The van der Waals surface area contributed by atoms with Crippen molar-refractivity contribution < 1.29 is 0 Å². The van der Waals surface area contributed by atoms with Crippen LogP contribution >= 0.6 is 0 Å². The van der Waals surface area contributed by atoms with Gasteiger partial charge < -0.3 is 10.2 Å². The smallest absolute Gasteiger partial charge is 0.0387 e. The van der Waals surface area contributed by atoms with E-state index in [0.717, 1.165) is 6.54 Å². The van der Waals surface area contributed by atoms with E-state index in [-0.39, 0.29) is 0 Å². The average molecular weight is 272 g/mol. The quantitative estimate of drug-likeness (QED) is 0.836. The van der Waals surface area contributed by atoms with E-state index in [9.17, 15) is 0 Å². The summed E-state index contributed by atoms with van der Waals surface area (Å²) in [5, 5.41) is 3.87. The highest BCUT2D eigenvalue weighted by Crippen LogP contribution is 2.34. The molecule has 1 saturated carbocycles. The van der Waals surface area contributed by atoms with Gasteiger partial charge in [-0.1, -0.05) is 25.3 Å². The van der Waals surface area contributed by atoms with Gasteiger partial charge in [0.1, 0.15) is 0 Å². The zero-order chi connectivity index (χ0) is 14.2. The van der Waals surface area contributed by atoms with Crippen molar-refractivity contribution in [1.82, 2.24) is 5.32 Å². The number of nitrogens with one attached hydrogen (secondary N) is 1. The molecular weight excluding hydrogens is 244 g/mol. The first-order chi connectivity index (χ1) is 9.60. The van der Waals surface area contributed by atoms with E-state index >= 15 is 0 Å². The van der Waals surface area contributed by atoms with Crippen LogP contribution in [0.25, 0.3) is 0 Å². The van der Waals surface area contributed by atoms with E-state index in [1.165, 1.54) is 55.5 Å². The van der Waals surface area contributed by atoms with Gasteiger partial charge in [-0.25, -0.2) is 0 Å². The minimum Gasteiger partial charge on any atom is -0.366 e. The van der Waals surface area contributed by atoms with Gasteiger partial charge >= 0.3 is 0 Å². The molecule has 110 valence electrons. The van der Waals surface area contributed by atoms with Crippen LogP contribution in [0.2, 0.25) is 0 Å². The molecule has 1 unspecified atom stereocenters. The minimum absolute atomic E-state index is 0.379. The first-order valence-corrected chi connectivity index (χ1v) is 8.19. The van der Waals surface area contributed by atoms with Crippen molar-refractivity contribution in [2.24, 2.45) is 0 Å². The maximum atomic E-state index is 3.87. The molecule has 1 aromatic rings. The zero-order valence-electron chi connectivity index (χ0n) is 13.2. The molecule has 1 heterocycles. The van der Waals surface area contributed by atoms with Gasteiger partial charge in [-0.15, -0.1) is 0 Å². The predicted octanol–water partition coefficient (Wildman–Crippen LogP) is 3.80. The van der Waals surface area contributed by atoms with E-state index in [4.69, 9.17) is 0 Å². The number of rotatable bonds is 1. The fourth-order valence-corrected chi connectivity index (χ4v) is 3.83. The van der Waals surface area contributed by atoms with Crippen LogP contribution in [0.3, 0.4) is 0 Å². The summed E-state index contributed by atoms with van der Waals surface area (Å²) in [5.41, 5.74) is 4.59. The number of piperazine rings is 1. The largest absolute Gasteiger partial charge is 0.366 e. The van der Waals surface area contributed by atoms with Crippen LogP contribution in [0.15, 0.2) is 18.2 Å². The zero-order valence-corrected chi connectivity index (χ0v) is 13.2. The van der Waals surface area contributed by atoms with Crippen molar-refractivity contribution in [3.8, 4) is 0 Å². The Bertz CT molecular complexity index is 474. The first-order valence-electron chi connectivity index (χ1n) is 8.19. The number of nitrogens with zero attached hydrogens (tertiary/aromatic N) is 1. The summed E-state index contributed by atoms with van der Waals surface area (Å²) in [5.74, 6) is 0. The lowest BCUT2D eigenvalue weighted by Crippen LogP contribution is -2.64. The molecule has 0 amide bonds. The molecule has 3 rings (SSSR count). The molecule has 1 aromatic carbocycles. The van der Waals surface area contributed by atoms with Crippen molar-refractivity contribution in [3.63, 3.8) is 0 Å². The Morgan fingerprint density at radius 3 is 2.55 bits per heavy atom. The van der Waals surface area contributed by atoms with Crippen LogP contribution in [-0.4, -0.2) is 24.7 Å². The van der Waals surface area contributed by atoms with E-state index in [1.807, 2.05) is 0 Å². The number of benzene rings is 1. The summed E-state index contributed by atoms with van der Waals surface area (Å²) in [6, 6.07) is 7.53. The highest BCUT2D eigenvalue weighted by Gasteiger charge is 2.38. The second-order valence-corrected chi connectivity index (χ2v) is 6.97. The second-order valence-electron chi connectivity index (χ2n) is 6.97. The van der Waals surface area contributed by atoms with E-state index in [1.54, 1.807) is 0 Å². The third-order valence-corrected chi connectivity index (χ3v) is 5.41. The standard InChI is InChI=1S/C18H28N2/c1-14-7-8-17(11-15(14)2)20-13-18(19-12-16(20)3)9-5-4-6-10-18/h7-8,11,16,19H,4-6,9-10,12-13H2,1-3H3. The average Bonchev–Trinajstić information content (AvgIpc) is 2.46. The Labute approximate surface area is 123 Å². The van der Waals surface area contributed by atoms with Gasteiger partial charge in [-0.2, -0.15) is 0 Å². The molecule has 0 aromatic heterocycles. The summed E-state index contributed by atoms with van der Waals surface area (Å²) < 4.78 is 0. The van der Waals surface area contributed by atoms with Crippen LogP contribution in [0.1, 0.15) is 50.2 Å². The van der Waals surface area contributed by atoms with Gasteiger partial charge in [-0.3, -0.25) is 0 Å². The van der Waals surface area contributed by atoms with Gasteiger partial charge in [0.25, 0.3) is 0 Å². The first kappa shape index (κ1) is 13.9. The lowest BCUT2D eigenvalue weighted by Gasteiger charge is -2.50. The molecule has 2 heteroatoms. The maximum absolute atomic E-state index is 3.87. The Kier molecular flexibility index (Phi) is 3.76. The van der Waals surface area contributed by atoms with Crippen LogP contribution in [0, 0.1) is 13.8 Å². The highest BCUT2D eigenvalue weighted by molar-refractivity contribution is 5.52. The van der Waals surface area contributed by atoms with Gasteiger partial charge in [0.2, 0.25) is 0 Å². The number of anilines is 1. The lowest BCUT2D eigenvalue weighted by atomic mass is 9.79. The van der Waals surface area contributed by atoms with Gasteiger partial charge in [-0.05, 0) is 56.9 Å². The van der Waals surface area contributed by atoms with Crippen LogP contribution in [-0.2, 0) is 0 Å². The van der Waals surface area contributed by atoms with Gasteiger partial charge in [0.05, 0.1) is 0 Å². The maximum Gasteiger partial charge on any atom is 0.0387 e. The lowest BCUT2D eigenvalue weighted by molar-refractivity contribution is 0.200. The Hall–Kier alpha value is -1.02. The Morgan fingerprint density at radius 2 is 1.85 bits per heavy atom. The molecule has 1 aliphatic heterocycles. The molecule has 1 aliphatic carbocycles. The molecule has 2 aliphatic rings. The fourth-order valence-electron chi connectivity index (χ4n) is 3.83. The van der Waals surface area contributed by atoms with E-state index in [2.05, 4.69) is 49.2 Å². The van der Waals surface area contributed by atoms with Crippen molar-refractivity contribution in [3.05, 3.63) is 29.3 Å². The molecule has 0 bridgehead atoms. The molecule has 2 fully saturated rings. The monoisotopic (exact) mass is 272 g/mol. The Morgan fingerprint density at radius 1 is 1.10 bits per heavy atom. The van der Waals surface area contributed by atoms with Crippen LogP contribution < -0.4 is 10.2 Å². The third-order valence-electron chi connectivity index (χ3n) is 5.41. The highest BCUT2D eigenvalue weighted by atomic mass is 15.3. The molecule has 20 heavy (non-hydrogen) atoms. The molecule has 0 radical (unpaired) electrons. The van der Waals surface area contributed by atoms with E-state index in [0.29, 0.717) is 11.6 Å². The van der Waals surface area contributed by atoms with Crippen molar-refractivity contribution in [2.75, 3.05) is 18.0 Å². The van der Waals surface area contributed by atoms with E-state index < -0.39 is 0 Å². The summed E-state index contributed by atoms with van der Waals surface area (Å²) in [7, 11) is 0. The van der Waals surface area contributed by atoms with Crippen LogP contribution in [0.4, 0.5) is 5.69 Å². The molecule has 1 spiro atoms. The molecular formula is C18H28N2. The summed E-state index contributed by atoms with van der Waals surface area (Å²) in [4.78, 5) is 2.63. The summed E-state index contributed by atoms with van der Waals surface area (Å²) >= 11 is 0. The fraction of sp³-hybridized carbons (Fsp3) is 0.667. The van der Waals surface area contributed by atoms with Crippen molar-refractivity contribution in [1.29, 1.82) is 0 Å². The number of aryl methyl sites for hydroxylation is 2.